The van der Waals surface area contributed by atoms with Gasteiger partial charge in [0.15, 0.2) is 0 Å². The second kappa shape index (κ2) is 6.79. The number of aromatic nitrogens is 2. The zero-order valence-corrected chi connectivity index (χ0v) is 13.8. The van der Waals surface area contributed by atoms with E-state index in [-0.39, 0.29) is 11.5 Å². The van der Waals surface area contributed by atoms with Crippen LogP contribution in [0.4, 0.5) is 23.0 Å². The minimum absolute atomic E-state index is 0.0800. The van der Waals surface area contributed by atoms with Crippen molar-refractivity contribution in [1.82, 2.24) is 14.9 Å². The number of rotatable bonds is 4. The zero-order valence-electron chi connectivity index (χ0n) is 13.8. The molecule has 0 atom stereocenters. The van der Waals surface area contributed by atoms with E-state index in [0.29, 0.717) is 18.9 Å². The van der Waals surface area contributed by atoms with Crippen LogP contribution < -0.4 is 10.2 Å². The quantitative estimate of drug-likeness (QED) is 0.680. The van der Waals surface area contributed by atoms with Crippen molar-refractivity contribution in [1.29, 1.82) is 0 Å². The molecule has 1 N–H and O–H groups in total. The van der Waals surface area contributed by atoms with Crippen molar-refractivity contribution in [3.05, 3.63) is 46.3 Å². The summed E-state index contributed by atoms with van der Waals surface area (Å²) in [4.78, 5) is 23.7. The minimum Gasteiger partial charge on any atom is -0.348 e. The SMILES string of the molecule is Cc1cccc(Nc2ncnc(N3CCN(C)CC3)c2[N+](=O)[O-])c1. The number of piperazine rings is 1. The molecule has 1 aliphatic rings. The minimum atomic E-state index is -0.411. The first-order valence-corrected chi connectivity index (χ1v) is 7.81. The maximum atomic E-state index is 11.7. The van der Waals surface area contributed by atoms with Crippen molar-refractivity contribution in [2.45, 2.75) is 6.92 Å². The van der Waals surface area contributed by atoms with E-state index >= 15 is 0 Å². The van der Waals surface area contributed by atoms with E-state index in [2.05, 4.69) is 20.2 Å². The topological polar surface area (TPSA) is 87.4 Å². The Morgan fingerprint density at radius 1 is 1.21 bits per heavy atom. The van der Waals surface area contributed by atoms with Gasteiger partial charge in [0.2, 0.25) is 11.6 Å². The molecule has 2 heterocycles. The molecule has 3 rings (SSSR count). The summed E-state index contributed by atoms with van der Waals surface area (Å²) >= 11 is 0. The molecule has 1 saturated heterocycles. The molecule has 1 aromatic heterocycles. The first kappa shape index (κ1) is 16.1. The highest BCUT2D eigenvalue weighted by Crippen LogP contribution is 2.33. The molecule has 0 saturated carbocycles. The lowest BCUT2D eigenvalue weighted by Gasteiger charge is -2.32. The van der Waals surface area contributed by atoms with Gasteiger partial charge in [-0.05, 0) is 31.7 Å². The van der Waals surface area contributed by atoms with Crippen LogP contribution in [0.5, 0.6) is 0 Å². The lowest BCUT2D eigenvalue weighted by molar-refractivity contribution is -0.383. The fourth-order valence-electron chi connectivity index (χ4n) is 2.74. The monoisotopic (exact) mass is 328 g/mol. The Labute approximate surface area is 140 Å². The Morgan fingerprint density at radius 2 is 1.96 bits per heavy atom. The maximum Gasteiger partial charge on any atom is 0.353 e. The summed E-state index contributed by atoms with van der Waals surface area (Å²) in [5, 5.41) is 14.7. The molecule has 8 heteroatoms. The highest BCUT2D eigenvalue weighted by Gasteiger charge is 2.28. The fraction of sp³-hybridized carbons (Fsp3) is 0.375. The van der Waals surface area contributed by atoms with Gasteiger partial charge in [-0.2, -0.15) is 0 Å². The molecule has 0 amide bonds. The summed E-state index contributed by atoms with van der Waals surface area (Å²) in [7, 11) is 2.04. The Morgan fingerprint density at radius 3 is 2.62 bits per heavy atom. The van der Waals surface area contributed by atoms with Crippen LogP contribution in [0.15, 0.2) is 30.6 Å². The average Bonchev–Trinajstić information content (AvgIpc) is 2.55. The number of aryl methyl sites for hydroxylation is 1. The van der Waals surface area contributed by atoms with E-state index in [1.807, 2.05) is 43.1 Å². The van der Waals surface area contributed by atoms with Gasteiger partial charge in [0, 0.05) is 31.9 Å². The van der Waals surface area contributed by atoms with Crippen LogP contribution in [0.2, 0.25) is 0 Å². The second-order valence-corrected chi connectivity index (χ2v) is 5.94. The summed E-state index contributed by atoms with van der Waals surface area (Å²) < 4.78 is 0. The molecule has 24 heavy (non-hydrogen) atoms. The van der Waals surface area contributed by atoms with Gasteiger partial charge in [-0.25, -0.2) is 9.97 Å². The van der Waals surface area contributed by atoms with Gasteiger partial charge in [-0.3, -0.25) is 10.1 Å². The van der Waals surface area contributed by atoms with Crippen LogP contribution in [0.25, 0.3) is 0 Å². The van der Waals surface area contributed by atoms with Crippen LogP contribution >= 0.6 is 0 Å². The molecule has 2 aromatic rings. The Bertz CT molecular complexity index is 743. The summed E-state index contributed by atoms with van der Waals surface area (Å²) in [6.45, 7) is 5.08. The van der Waals surface area contributed by atoms with Crippen molar-refractivity contribution in [3.63, 3.8) is 0 Å². The van der Waals surface area contributed by atoms with Gasteiger partial charge in [0.1, 0.15) is 6.33 Å². The van der Waals surface area contributed by atoms with E-state index in [1.54, 1.807) is 0 Å². The molecular weight excluding hydrogens is 308 g/mol. The summed E-state index contributed by atoms with van der Waals surface area (Å²) in [5.74, 6) is 0.591. The van der Waals surface area contributed by atoms with Crippen molar-refractivity contribution >= 4 is 23.0 Å². The van der Waals surface area contributed by atoms with Gasteiger partial charge in [0.05, 0.1) is 4.92 Å². The molecule has 0 aliphatic carbocycles. The van der Waals surface area contributed by atoms with Crippen LogP contribution in [0, 0.1) is 17.0 Å². The third-order valence-corrected chi connectivity index (χ3v) is 4.07. The van der Waals surface area contributed by atoms with Crippen LogP contribution in [0.3, 0.4) is 0 Å². The van der Waals surface area contributed by atoms with Crippen molar-refractivity contribution in [3.8, 4) is 0 Å². The Kier molecular flexibility index (Phi) is 4.57. The molecule has 1 fully saturated rings. The highest BCUT2D eigenvalue weighted by atomic mass is 16.6. The Hall–Kier alpha value is -2.74. The van der Waals surface area contributed by atoms with Crippen molar-refractivity contribution in [2.24, 2.45) is 0 Å². The Balaban J connectivity index is 1.95. The fourth-order valence-corrected chi connectivity index (χ4v) is 2.74. The van der Waals surface area contributed by atoms with Gasteiger partial charge in [-0.15, -0.1) is 0 Å². The van der Waals surface area contributed by atoms with E-state index in [1.165, 1.54) is 6.33 Å². The zero-order chi connectivity index (χ0) is 17.1. The molecule has 0 spiro atoms. The molecule has 1 aliphatic heterocycles. The number of benzene rings is 1. The number of nitro groups is 1. The molecular formula is C16H20N6O2. The van der Waals surface area contributed by atoms with Crippen LogP contribution in [-0.2, 0) is 0 Å². The molecule has 0 radical (unpaired) electrons. The largest absolute Gasteiger partial charge is 0.353 e. The average molecular weight is 328 g/mol. The van der Waals surface area contributed by atoms with Gasteiger partial charge in [-0.1, -0.05) is 12.1 Å². The predicted molar refractivity (Wildman–Crippen MR) is 92.9 cm³/mol. The lowest BCUT2D eigenvalue weighted by atomic mass is 10.2. The number of nitrogens with one attached hydrogen (secondary N) is 1. The summed E-state index contributed by atoms with van der Waals surface area (Å²) in [5.41, 5.74) is 1.75. The number of hydrogen-bond acceptors (Lipinski definition) is 7. The van der Waals surface area contributed by atoms with Crippen molar-refractivity contribution in [2.75, 3.05) is 43.4 Å². The molecule has 8 nitrogen and oxygen atoms in total. The first-order valence-electron chi connectivity index (χ1n) is 7.81. The third kappa shape index (κ3) is 3.43. The second-order valence-electron chi connectivity index (χ2n) is 5.94. The maximum absolute atomic E-state index is 11.7. The van der Waals surface area contributed by atoms with Gasteiger partial charge < -0.3 is 15.1 Å². The van der Waals surface area contributed by atoms with E-state index in [4.69, 9.17) is 0 Å². The van der Waals surface area contributed by atoms with E-state index < -0.39 is 4.92 Å². The predicted octanol–water partition coefficient (Wildman–Crippen LogP) is 2.19. The standard InChI is InChI=1S/C16H20N6O2/c1-12-4-3-5-13(10-12)19-15-14(22(23)24)16(18-11-17-15)21-8-6-20(2)7-9-21/h3-5,10-11H,6-9H2,1-2H3,(H,17,18,19). The molecule has 0 unspecified atom stereocenters. The number of likely N-dealkylation sites (N-methyl/N-ethyl adjacent to an activating group) is 1. The summed E-state index contributed by atoms with van der Waals surface area (Å²) in [6, 6.07) is 7.64. The first-order chi connectivity index (χ1) is 11.5. The van der Waals surface area contributed by atoms with Gasteiger partial charge >= 0.3 is 5.69 Å². The molecule has 1 aromatic carbocycles. The smallest absolute Gasteiger partial charge is 0.348 e. The number of hydrogen-bond donors (Lipinski definition) is 1. The van der Waals surface area contributed by atoms with E-state index in [9.17, 15) is 10.1 Å². The molecule has 126 valence electrons. The van der Waals surface area contributed by atoms with Crippen molar-refractivity contribution < 1.29 is 4.92 Å². The normalized spacial score (nSPS) is 15.3. The highest BCUT2D eigenvalue weighted by molar-refractivity contribution is 5.74. The lowest BCUT2D eigenvalue weighted by Crippen LogP contribution is -2.45. The van der Waals surface area contributed by atoms with Crippen LogP contribution in [0.1, 0.15) is 5.56 Å². The van der Waals surface area contributed by atoms with Crippen LogP contribution in [-0.4, -0.2) is 53.0 Å². The van der Waals surface area contributed by atoms with Gasteiger partial charge in [0.25, 0.3) is 0 Å². The molecule has 0 bridgehead atoms. The number of nitrogens with zero attached hydrogens (tertiary/aromatic N) is 5. The summed E-state index contributed by atoms with van der Waals surface area (Å²) in [6.07, 6.45) is 1.37. The third-order valence-electron chi connectivity index (χ3n) is 4.07. The van der Waals surface area contributed by atoms with E-state index in [0.717, 1.165) is 24.3 Å². The number of anilines is 3.